The van der Waals surface area contributed by atoms with Crippen molar-refractivity contribution in [3.05, 3.63) is 95.8 Å². The van der Waals surface area contributed by atoms with Crippen LogP contribution in [-0.4, -0.2) is 44.8 Å². The first-order valence-electron chi connectivity index (χ1n) is 12.3. The number of rotatable bonds is 10. The van der Waals surface area contributed by atoms with Gasteiger partial charge in [0.2, 0.25) is 11.8 Å². The van der Waals surface area contributed by atoms with E-state index in [2.05, 4.69) is 17.6 Å². The van der Waals surface area contributed by atoms with Crippen LogP contribution in [0.2, 0.25) is 0 Å². The largest absolute Gasteiger partial charge is 0.353 e. The maximum absolute atomic E-state index is 14.1. The molecule has 5 heteroatoms. The molecule has 1 atom stereocenters. The summed E-state index contributed by atoms with van der Waals surface area (Å²) in [4.78, 5) is 31.5. The van der Waals surface area contributed by atoms with Gasteiger partial charge in [-0.1, -0.05) is 67.6 Å². The van der Waals surface area contributed by atoms with Gasteiger partial charge in [0.25, 0.3) is 0 Å². The van der Waals surface area contributed by atoms with E-state index in [9.17, 15) is 9.59 Å². The Bertz CT molecular complexity index is 1050. The third-order valence-electron chi connectivity index (χ3n) is 6.92. The van der Waals surface area contributed by atoms with E-state index in [0.717, 1.165) is 36.1 Å². The van der Waals surface area contributed by atoms with Crippen molar-refractivity contribution in [2.24, 2.45) is 7.05 Å². The summed E-state index contributed by atoms with van der Waals surface area (Å²) < 4.78 is 2.06. The van der Waals surface area contributed by atoms with Crippen LogP contribution in [0.25, 0.3) is 0 Å². The van der Waals surface area contributed by atoms with Gasteiger partial charge < -0.3 is 14.4 Å². The predicted octanol–water partition coefficient (Wildman–Crippen LogP) is 4.98. The molecule has 2 amide bonds. The fraction of sp³-hybridized carbons (Fsp3) is 0.379. The van der Waals surface area contributed by atoms with Crippen LogP contribution < -0.4 is 0 Å². The highest BCUT2D eigenvalue weighted by Crippen LogP contribution is 2.31. The van der Waals surface area contributed by atoms with E-state index in [4.69, 9.17) is 0 Å². The van der Waals surface area contributed by atoms with Crippen molar-refractivity contribution in [2.75, 3.05) is 6.54 Å². The van der Waals surface area contributed by atoms with Gasteiger partial charge in [0, 0.05) is 31.0 Å². The monoisotopic (exact) mass is 457 g/mol. The molecular weight excluding hydrogens is 422 g/mol. The standard InChI is InChI=1S/C29H35N3O2/c1-4-22(2)31(21-27(33)32(25-17-18-25)20-26-16-11-19-30(26)3)29(34)28(23-12-7-5-8-13-23)24-14-9-6-10-15-24/h5-16,19,22,25,28H,4,17-18,20-21H2,1-3H3. The number of nitrogens with zero attached hydrogens (tertiary/aromatic N) is 3. The van der Waals surface area contributed by atoms with Crippen molar-refractivity contribution >= 4 is 11.8 Å². The smallest absolute Gasteiger partial charge is 0.242 e. The van der Waals surface area contributed by atoms with E-state index in [0.29, 0.717) is 6.54 Å². The fourth-order valence-corrected chi connectivity index (χ4v) is 4.48. The molecule has 0 bridgehead atoms. The fourth-order valence-electron chi connectivity index (χ4n) is 4.48. The summed E-state index contributed by atoms with van der Waals surface area (Å²) in [5.74, 6) is -0.432. The second-order valence-electron chi connectivity index (χ2n) is 9.34. The molecule has 1 aliphatic rings. The highest BCUT2D eigenvalue weighted by atomic mass is 16.2. The lowest BCUT2D eigenvalue weighted by Gasteiger charge is -2.34. The van der Waals surface area contributed by atoms with Crippen molar-refractivity contribution in [1.29, 1.82) is 0 Å². The summed E-state index contributed by atoms with van der Waals surface area (Å²) in [6.45, 7) is 4.79. The molecular formula is C29H35N3O2. The van der Waals surface area contributed by atoms with E-state index in [1.54, 1.807) is 4.90 Å². The van der Waals surface area contributed by atoms with Crippen LogP contribution in [0.5, 0.6) is 0 Å². The Morgan fingerprint density at radius 1 is 0.941 bits per heavy atom. The molecule has 4 rings (SSSR count). The zero-order valence-electron chi connectivity index (χ0n) is 20.4. The van der Waals surface area contributed by atoms with Crippen LogP contribution in [0.4, 0.5) is 0 Å². The van der Waals surface area contributed by atoms with Gasteiger partial charge in [-0.25, -0.2) is 0 Å². The molecule has 1 aromatic heterocycles. The lowest BCUT2D eigenvalue weighted by atomic mass is 9.89. The first-order valence-corrected chi connectivity index (χ1v) is 12.3. The molecule has 0 radical (unpaired) electrons. The average Bonchev–Trinajstić information content (AvgIpc) is 3.63. The van der Waals surface area contributed by atoms with Crippen molar-refractivity contribution in [3.63, 3.8) is 0 Å². The highest BCUT2D eigenvalue weighted by molar-refractivity contribution is 5.91. The van der Waals surface area contributed by atoms with Crippen molar-refractivity contribution in [2.45, 2.75) is 57.7 Å². The minimum Gasteiger partial charge on any atom is -0.353 e. The van der Waals surface area contributed by atoms with Gasteiger partial charge in [-0.2, -0.15) is 0 Å². The van der Waals surface area contributed by atoms with Gasteiger partial charge >= 0.3 is 0 Å². The van der Waals surface area contributed by atoms with Gasteiger partial charge in [0.1, 0.15) is 6.54 Å². The second-order valence-corrected chi connectivity index (χ2v) is 9.34. The van der Waals surface area contributed by atoms with E-state index in [-0.39, 0.29) is 30.4 Å². The maximum atomic E-state index is 14.1. The van der Waals surface area contributed by atoms with E-state index in [1.165, 1.54) is 0 Å². The zero-order chi connectivity index (χ0) is 24.1. The Kier molecular flexibility index (Phi) is 7.51. The number of benzene rings is 2. The lowest BCUT2D eigenvalue weighted by molar-refractivity contribution is -0.143. The number of aryl methyl sites for hydroxylation is 1. The van der Waals surface area contributed by atoms with Crippen LogP contribution in [0.15, 0.2) is 79.0 Å². The molecule has 178 valence electrons. The van der Waals surface area contributed by atoms with Crippen LogP contribution in [0.1, 0.15) is 55.8 Å². The number of aromatic nitrogens is 1. The Balaban J connectivity index is 1.61. The van der Waals surface area contributed by atoms with E-state index < -0.39 is 5.92 Å². The molecule has 1 heterocycles. The Labute approximate surface area is 203 Å². The first kappa shape index (κ1) is 23.8. The third kappa shape index (κ3) is 5.41. The molecule has 0 spiro atoms. The van der Waals surface area contributed by atoms with Crippen LogP contribution in [0.3, 0.4) is 0 Å². The van der Waals surface area contributed by atoms with Crippen LogP contribution >= 0.6 is 0 Å². The number of hydrogen-bond donors (Lipinski definition) is 0. The third-order valence-corrected chi connectivity index (χ3v) is 6.92. The minimum absolute atomic E-state index is 0.0188. The minimum atomic E-state index is -0.438. The molecule has 1 unspecified atom stereocenters. The second kappa shape index (κ2) is 10.7. The lowest BCUT2D eigenvalue weighted by Crippen LogP contribution is -2.48. The Morgan fingerprint density at radius 3 is 2.00 bits per heavy atom. The molecule has 1 fully saturated rings. The molecule has 0 saturated heterocycles. The summed E-state index contributed by atoms with van der Waals surface area (Å²) in [5, 5.41) is 0. The molecule has 0 aliphatic heterocycles. The summed E-state index contributed by atoms with van der Waals surface area (Å²) in [5.41, 5.74) is 3.00. The van der Waals surface area contributed by atoms with Crippen molar-refractivity contribution < 1.29 is 9.59 Å². The molecule has 0 N–H and O–H groups in total. The SMILES string of the molecule is CCC(C)N(CC(=O)N(Cc1cccn1C)C1CC1)C(=O)C(c1ccccc1)c1ccccc1. The van der Waals surface area contributed by atoms with Crippen molar-refractivity contribution in [1.82, 2.24) is 14.4 Å². The van der Waals surface area contributed by atoms with Gasteiger partial charge in [-0.15, -0.1) is 0 Å². The Hall–Kier alpha value is -3.34. The van der Waals surface area contributed by atoms with Gasteiger partial charge in [0.15, 0.2) is 0 Å². The van der Waals surface area contributed by atoms with Gasteiger partial charge in [-0.05, 0) is 49.4 Å². The summed E-state index contributed by atoms with van der Waals surface area (Å²) in [6.07, 6.45) is 4.86. The number of carbonyl (C=O) groups is 2. The van der Waals surface area contributed by atoms with E-state index >= 15 is 0 Å². The summed E-state index contributed by atoms with van der Waals surface area (Å²) >= 11 is 0. The summed E-state index contributed by atoms with van der Waals surface area (Å²) in [6, 6.07) is 24.1. The Morgan fingerprint density at radius 2 is 1.53 bits per heavy atom. The molecule has 5 nitrogen and oxygen atoms in total. The van der Waals surface area contributed by atoms with Crippen LogP contribution in [-0.2, 0) is 23.2 Å². The number of amides is 2. The van der Waals surface area contributed by atoms with Gasteiger partial charge in [0.05, 0.1) is 12.5 Å². The normalized spacial score (nSPS) is 14.1. The topological polar surface area (TPSA) is 45.6 Å². The number of hydrogen-bond acceptors (Lipinski definition) is 2. The van der Waals surface area contributed by atoms with Crippen LogP contribution in [0, 0.1) is 0 Å². The zero-order valence-corrected chi connectivity index (χ0v) is 20.4. The maximum Gasteiger partial charge on any atom is 0.242 e. The number of carbonyl (C=O) groups excluding carboxylic acids is 2. The first-order chi connectivity index (χ1) is 16.5. The van der Waals surface area contributed by atoms with E-state index in [1.807, 2.05) is 91.8 Å². The van der Waals surface area contributed by atoms with Gasteiger partial charge in [-0.3, -0.25) is 9.59 Å². The van der Waals surface area contributed by atoms with Crippen molar-refractivity contribution in [3.8, 4) is 0 Å². The molecule has 1 saturated carbocycles. The average molecular weight is 458 g/mol. The molecule has 34 heavy (non-hydrogen) atoms. The molecule has 3 aromatic rings. The summed E-state index contributed by atoms with van der Waals surface area (Å²) in [7, 11) is 2.00. The quantitative estimate of drug-likeness (QED) is 0.431. The predicted molar refractivity (Wildman–Crippen MR) is 135 cm³/mol. The molecule has 1 aliphatic carbocycles. The molecule has 2 aromatic carbocycles. The highest BCUT2D eigenvalue weighted by Gasteiger charge is 2.36.